The number of nitrogens with one attached hydrogen (secondary N) is 1. The number of thiocarbonyl (C=S) groups is 1. The van der Waals surface area contributed by atoms with E-state index in [1.807, 2.05) is 37.3 Å². The molecule has 0 saturated carbocycles. The molecule has 0 bridgehead atoms. The number of nitrogens with zero attached hydrogens (tertiary/aromatic N) is 2. The highest BCUT2D eigenvalue weighted by molar-refractivity contribution is 7.80. The Morgan fingerprint density at radius 3 is 2.44 bits per heavy atom. The minimum absolute atomic E-state index is 0.135. The van der Waals surface area contributed by atoms with Crippen LogP contribution in [0.4, 0.5) is 18.9 Å². The molecular formula is C23H21ClF3N3OS. The van der Waals surface area contributed by atoms with Gasteiger partial charge in [0.15, 0.2) is 5.11 Å². The molecule has 0 radical (unpaired) electrons. The predicted octanol–water partition coefficient (Wildman–Crippen LogP) is 6.55. The van der Waals surface area contributed by atoms with Crippen molar-refractivity contribution in [1.82, 2.24) is 9.88 Å². The Morgan fingerprint density at radius 1 is 1.09 bits per heavy atom. The summed E-state index contributed by atoms with van der Waals surface area (Å²) in [6.07, 6.45) is -1.21. The van der Waals surface area contributed by atoms with Crippen molar-refractivity contribution in [2.24, 2.45) is 0 Å². The van der Waals surface area contributed by atoms with Crippen molar-refractivity contribution in [2.75, 3.05) is 11.9 Å². The van der Waals surface area contributed by atoms with Crippen LogP contribution in [0.1, 0.15) is 23.6 Å². The van der Waals surface area contributed by atoms with Crippen molar-refractivity contribution in [3.63, 3.8) is 0 Å². The van der Waals surface area contributed by atoms with E-state index in [1.165, 1.54) is 12.1 Å². The topological polar surface area (TPSA) is 37.4 Å². The van der Waals surface area contributed by atoms with E-state index in [4.69, 9.17) is 28.6 Å². The summed E-state index contributed by atoms with van der Waals surface area (Å²) in [7, 11) is 0. The Kier molecular flexibility index (Phi) is 7.93. The maximum absolute atomic E-state index is 13.5. The van der Waals surface area contributed by atoms with E-state index in [-0.39, 0.29) is 15.8 Å². The minimum atomic E-state index is -4.55. The van der Waals surface area contributed by atoms with Gasteiger partial charge in [-0.15, -0.1) is 0 Å². The van der Waals surface area contributed by atoms with Gasteiger partial charge in [-0.05, 0) is 66.7 Å². The molecule has 4 nitrogen and oxygen atoms in total. The lowest BCUT2D eigenvalue weighted by atomic mass is 10.1. The van der Waals surface area contributed by atoms with Gasteiger partial charge in [-0.1, -0.05) is 29.8 Å². The lowest BCUT2D eigenvalue weighted by Crippen LogP contribution is -2.34. The van der Waals surface area contributed by atoms with Crippen LogP contribution >= 0.6 is 23.8 Å². The number of hydrogen-bond donors (Lipinski definition) is 1. The predicted molar refractivity (Wildman–Crippen MR) is 124 cm³/mol. The quantitative estimate of drug-likeness (QED) is 0.389. The number of hydrogen-bond acceptors (Lipinski definition) is 3. The highest BCUT2D eigenvalue weighted by Crippen LogP contribution is 2.36. The molecular weight excluding hydrogens is 459 g/mol. The van der Waals surface area contributed by atoms with Crippen molar-refractivity contribution in [3.05, 3.63) is 88.7 Å². The summed E-state index contributed by atoms with van der Waals surface area (Å²) in [5, 5.41) is 3.05. The number of aromatic nitrogens is 1. The first-order valence-corrected chi connectivity index (χ1v) is 10.6. The molecule has 0 aliphatic rings. The van der Waals surface area contributed by atoms with E-state index in [0.717, 1.165) is 22.9 Å². The molecule has 1 N–H and O–H groups in total. The number of ether oxygens (including phenoxy) is 1. The molecule has 1 aromatic heterocycles. The number of anilines is 1. The molecule has 9 heteroatoms. The Hall–Kier alpha value is -2.84. The molecule has 0 spiro atoms. The number of rotatable bonds is 7. The Labute approximate surface area is 195 Å². The van der Waals surface area contributed by atoms with Crippen LogP contribution in [0.2, 0.25) is 5.02 Å². The molecule has 3 aromatic rings. The third-order valence-corrected chi connectivity index (χ3v) is 5.12. The zero-order valence-electron chi connectivity index (χ0n) is 17.2. The van der Waals surface area contributed by atoms with Crippen LogP contribution in [0.3, 0.4) is 0 Å². The van der Waals surface area contributed by atoms with Gasteiger partial charge in [-0.2, -0.15) is 13.2 Å². The molecule has 0 aliphatic heterocycles. The normalized spacial score (nSPS) is 11.2. The molecule has 0 aliphatic carbocycles. The zero-order chi connectivity index (χ0) is 23.1. The minimum Gasteiger partial charge on any atom is -0.494 e. The van der Waals surface area contributed by atoms with Crippen molar-refractivity contribution in [1.29, 1.82) is 0 Å². The molecule has 0 saturated heterocycles. The highest BCUT2D eigenvalue weighted by atomic mass is 35.5. The maximum Gasteiger partial charge on any atom is 0.418 e. The second-order valence-corrected chi connectivity index (χ2v) is 7.74. The summed E-state index contributed by atoms with van der Waals surface area (Å²) in [5.74, 6) is 0.740. The van der Waals surface area contributed by atoms with Crippen molar-refractivity contribution < 1.29 is 17.9 Å². The zero-order valence-corrected chi connectivity index (χ0v) is 18.8. The van der Waals surface area contributed by atoms with Crippen LogP contribution in [0.25, 0.3) is 0 Å². The fourth-order valence-corrected chi connectivity index (χ4v) is 3.46. The standard InChI is InChI=1S/C23H21ClF3N3OS/c1-2-31-19-8-5-16(6-9-19)14-30(15-17-4-3-11-28-13-17)22(32)29-21-12-18(24)7-10-20(21)23(25,26)27/h3-13H,2,14-15H2,1H3,(H,29,32). The van der Waals surface area contributed by atoms with E-state index in [2.05, 4.69) is 10.3 Å². The van der Waals surface area contributed by atoms with E-state index in [1.54, 1.807) is 23.4 Å². The summed E-state index contributed by atoms with van der Waals surface area (Å²) in [4.78, 5) is 5.87. The summed E-state index contributed by atoms with van der Waals surface area (Å²) < 4.78 is 45.9. The van der Waals surface area contributed by atoms with Crippen LogP contribution in [0, 0.1) is 0 Å². The van der Waals surface area contributed by atoms with Crippen LogP contribution in [-0.2, 0) is 19.3 Å². The number of pyridine rings is 1. The second kappa shape index (κ2) is 10.7. The summed E-state index contributed by atoms with van der Waals surface area (Å²) >= 11 is 11.5. The van der Waals surface area contributed by atoms with Gasteiger partial charge in [0.2, 0.25) is 0 Å². The average molecular weight is 480 g/mol. The van der Waals surface area contributed by atoms with E-state index in [0.29, 0.717) is 19.7 Å². The highest BCUT2D eigenvalue weighted by Gasteiger charge is 2.34. The van der Waals surface area contributed by atoms with Gasteiger partial charge in [0.1, 0.15) is 5.75 Å². The van der Waals surface area contributed by atoms with Gasteiger partial charge in [-0.3, -0.25) is 4.98 Å². The molecule has 3 rings (SSSR count). The van der Waals surface area contributed by atoms with Gasteiger partial charge < -0.3 is 15.0 Å². The van der Waals surface area contributed by atoms with E-state index < -0.39 is 11.7 Å². The molecule has 0 amide bonds. The van der Waals surface area contributed by atoms with Crippen molar-refractivity contribution >= 4 is 34.6 Å². The second-order valence-electron chi connectivity index (χ2n) is 6.91. The van der Waals surface area contributed by atoms with E-state index >= 15 is 0 Å². The number of halogens is 4. The van der Waals surface area contributed by atoms with Crippen LogP contribution < -0.4 is 10.1 Å². The first-order chi connectivity index (χ1) is 15.3. The Balaban J connectivity index is 1.86. The Morgan fingerprint density at radius 2 is 1.81 bits per heavy atom. The average Bonchev–Trinajstić information content (AvgIpc) is 2.74. The maximum atomic E-state index is 13.5. The fraction of sp³-hybridized carbons (Fsp3) is 0.217. The SMILES string of the molecule is CCOc1ccc(CN(Cc2cccnc2)C(=S)Nc2cc(Cl)ccc2C(F)(F)F)cc1. The first-order valence-electron chi connectivity index (χ1n) is 9.79. The summed E-state index contributed by atoms with van der Waals surface area (Å²) in [6, 6.07) is 14.5. The first kappa shape index (κ1) is 23.8. The molecule has 2 aromatic carbocycles. The summed E-state index contributed by atoms with van der Waals surface area (Å²) in [5.41, 5.74) is 0.748. The van der Waals surface area contributed by atoms with Gasteiger partial charge in [-0.25, -0.2) is 0 Å². The van der Waals surface area contributed by atoms with Crippen molar-refractivity contribution in [2.45, 2.75) is 26.2 Å². The molecule has 0 atom stereocenters. The molecule has 0 unspecified atom stereocenters. The van der Waals surface area contributed by atoms with Crippen LogP contribution in [-0.4, -0.2) is 21.6 Å². The summed E-state index contributed by atoms with van der Waals surface area (Å²) in [6.45, 7) is 3.18. The molecule has 168 valence electrons. The largest absolute Gasteiger partial charge is 0.494 e. The molecule has 0 fully saturated rings. The lowest BCUT2D eigenvalue weighted by Gasteiger charge is -2.27. The Bertz CT molecular complexity index is 1050. The van der Waals surface area contributed by atoms with Gasteiger partial charge in [0.25, 0.3) is 0 Å². The molecule has 32 heavy (non-hydrogen) atoms. The number of alkyl halides is 3. The lowest BCUT2D eigenvalue weighted by molar-refractivity contribution is -0.136. The van der Waals surface area contributed by atoms with Gasteiger partial charge in [0, 0.05) is 30.5 Å². The van der Waals surface area contributed by atoms with Crippen LogP contribution in [0.5, 0.6) is 5.75 Å². The monoisotopic (exact) mass is 479 g/mol. The van der Waals surface area contributed by atoms with E-state index in [9.17, 15) is 13.2 Å². The third kappa shape index (κ3) is 6.58. The molecule has 1 heterocycles. The fourth-order valence-electron chi connectivity index (χ4n) is 3.05. The smallest absolute Gasteiger partial charge is 0.418 e. The van der Waals surface area contributed by atoms with Gasteiger partial charge in [0.05, 0.1) is 17.9 Å². The number of benzene rings is 2. The van der Waals surface area contributed by atoms with Crippen LogP contribution in [0.15, 0.2) is 67.0 Å². The van der Waals surface area contributed by atoms with Gasteiger partial charge >= 0.3 is 6.18 Å². The van der Waals surface area contributed by atoms with Crippen molar-refractivity contribution in [3.8, 4) is 5.75 Å². The third-order valence-electron chi connectivity index (χ3n) is 4.52.